The van der Waals surface area contributed by atoms with E-state index in [1.807, 2.05) is 6.92 Å². The van der Waals surface area contributed by atoms with Crippen molar-refractivity contribution in [3.8, 4) is 5.75 Å². The summed E-state index contributed by atoms with van der Waals surface area (Å²) in [5.41, 5.74) is 2.32. The molecule has 0 fully saturated rings. The Balaban J connectivity index is 0.000000520. The lowest BCUT2D eigenvalue weighted by Gasteiger charge is -2.08. The number of ether oxygens (including phenoxy) is 2. The number of aliphatic carboxylic acids is 1. The highest BCUT2D eigenvalue weighted by atomic mass is 35.5. The van der Waals surface area contributed by atoms with Gasteiger partial charge in [-0.1, -0.05) is 18.5 Å². The molecule has 2 aromatic carbocycles. The molecule has 0 aliphatic rings. The van der Waals surface area contributed by atoms with Crippen LogP contribution in [0, 0.1) is 6.92 Å². The van der Waals surface area contributed by atoms with Crippen molar-refractivity contribution in [3.63, 3.8) is 0 Å². The average molecular weight is 505 g/mol. The zero-order chi connectivity index (χ0) is 26.5. The standard InChI is InChI=1S/C19H16ClNO4.C5H13N.C3H8O/c1-11-15(10-18(22)23)16-9-14(25-2)7-8-17(16)21(11)19(24)12-3-5-13(20)6-4-12;1-4-5-6(2)3;1-3-4-2/h3-9H,10H2,1-2H3,(H,22,23);4-5H2,1-3H3;3H2,1-2H3. The number of carboxylic acids is 1. The molecule has 0 aliphatic carbocycles. The number of carbonyl (C=O) groups excluding carboxylic acids is 1. The zero-order valence-corrected chi connectivity index (χ0v) is 22.5. The molecule has 0 amide bonds. The summed E-state index contributed by atoms with van der Waals surface area (Å²) in [7, 11) is 7.40. The quantitative estimate of drug-likeness (QED) is 0.455. The number of nitrogens with zero attached hydrogens (tertiary/aromatic N) is 2. The molecule has 0 saturated carbocycles. The maximum Gasteiger partial charge on any atom is 0.307 e. The summed E-state index contributed by atoms with van der Waals surface area (Å²) in [6.45, 7) is 7.92. The normalized spacial score (nSPS) is 10.3. The lowest BCUT2D eigenvalue weighted by molar-refractivity contribution is -0.136. The van der Waals surface area contributed by atoms with Gasteiger partial charge in [-0.15, -0.1) is 0 Å². The van der Waals surface area contributed by atoms with Gasteiger partial charge < -0.3 is 19.5 Å². The van der Waals surface area contributed by atoms with Crippen molar-refractivity contribution in [2.24, 2.45) is 0 Å². The van der Waals surface area contributed by atoms with Crippen LogP contribution in [-0.4, -0.2) is 67.9 Å². The summed E-state index contributed by atoms with van der Waals surface area (Å²) in [6.07, 6.45) is 1.09. The van der Waals surface area contributed by atoms with Crippen LogP contribution >= 0.6 is 11.6 Å². The second kappa shape index (κ2) is 15.2. The maximum atomic E-state index is 13.0. The first-order valence-corrected chi connectivity index (χ1v) is 11.8. The van der Waals surface area contributed by atoms with Gasteiger partial charge in [0.15, 0.2) is 0 Å². The Morgan fingerprint density at radius 2 is 1.66 bits per heavy atom. The number of rotatable bonds is 7. The molecular formula is C27H37ClN2O5. The minimum Gasteiger partial charge on any atom is -0.497 e. The Bertz CT molecular complexity index is 1090. The zero-order valence-electron chi connectivity index (χ0n) is 21.7. The van der Waals surface area contributed by atoms with Gasteiger partial charge in [0.1, 0.15) is 5.75 Å². The number of methoxy groups -OCH3 is 2. The predicted octanol–water partition coefficient (Wildman–Crippen LogP) is 5.54. The van der Waals surface area contributed by atoms with Gasteiger partial charge >= 0.3 is 5.97 Å². The van der Waals surface area contributed by atoms with Crippen molar-refractivity contribution in [1.82, 2.24) is 9.47 Å². The summed E-state index contributed by atoms with van der Waals surface area (Å²) in [6, 6.07) is 11.9. The van der Waals surface area contributed by atoms with Crippen molar-refractivity contribution in [2.45, 2.75) is 33.6 Å². The van der Waals surface area contributed by atoms with E-state index in [0.29, 0.717) is 38.5 Å². The van der Waals surface area contributed by atoms with E-state index >= 15 is 0 Å². The minimum atomic E-state index is -0.955. The van der Waals surface area contributed by atoms with Gasteiger partial charge in [-0.25, -0.2) is 0 Å². The molecule has 0 radical (unpaired) electrons. The fraction of sp³-hybridized carbons (Fsp3) is 0.407. The van der Waals surface area contributed by atoms with Gasteiger partial charge in [0, 0.05) is 35.4 Å². The Kier molecular flexibility index (Phi) is 13.1. The van der Waals surface area contributed by atoms with E-state index in [1.165, 1.54) is 17.5 Å². The average Bonchev–Trinajstić information content (AvgIpc) is 3.09. The second-order valence-electron chi connectivity index (χ2n) is 8.05. The fourth-order valence-corrected chi connectivity index (χ4v) is 3.52. The van der Waals surface area contributed by atoms with Gasteiger partial charge in [0.2, 0.25) is 0 Å². The van der Waals surface area contributed by atoms with Crippen LogP contribution in [0.15, 0.2) is 42.5 Å². The third-order valence-electron chi connectivity index (χ3n) is 5.12. The van der Waals surface area contributed by atoms with Crippen molar-refractivity contribution in [3.05, 3.63) is 64.3 Å². The fourth-order valence-electron chi connectivity index (χ4n) is 3.39. The Hall–Kier alpha value is -2.87. The predicted molar refractivity (Wildman–Crippen MR) is 142 cm³/mol. The van der Waals surface area contributed by atoms with Crippen molar-refractivity contribution in [2.75, 3.05) is 41.5 Å². The summed E-state index contributed by atoms with van der Waals surface area (Å²) in [5.74, 6) is -0.583. The van der Waals surface area contributed by atoms with Gasteiger partial charge in [-0.3, -0.25) is 14.2 Å². The number of hydrogen-bond acceptors (Lipinski definition) is 5. The van der Waals surface area contributed by atoms with Crippen LogP contribution in [0.4, 0.5) is 0 Å². The Labute approximate surface area is 213 Å². The first-order chi connectivity index (χ1) is 16.6. The summed E-state index contributed by atoms with van der Waals surface area (Å²) in [5, 5.41) is 10.5. The monoisotopic (exact) mass is 504 g/mol. The van der Waals surface area contributed by atoms with E-state index in [1.54, 1.807) is 63.6 Å². The van der Waals surface area contributed by atoms with Crippen LogP contribution in [0.3, 0.4) is 0 Å². The number of halogens is 1. The highest BCUT2D eigenvalue weighted by Gasteiger charge is 2.21. The molecule has 0 atom stereocenters. The third-order valence-corrected chi connectivity index (χ3v) is 5.38. The topological polar surface area (TPSA) is 81.0 Å². The Morgan fingerprint density at radius 1 is 1.06 bits per heavy atom. The first-order valence-electron chi connectivity index (χ1n) is 11.4. The van der Waals surface area contributed by atoms with E-state index in [4.69, 9.17) is 16.3 Å². The molecule has 0 spiro atoms. The van der Waals surface area contributed by atoms with Crippen LogP contribution in [-0.2, 0) is 16.0 Å². The number of carboxylic acid groups (broad SMARTS) is 1. The van der Waals surface area contributed by atoms with E-state index in [2.05, 4.69) is 30.7 Å². The van der Waals surface area contributed by atoms with Gasteiger partial charge in [-0.2, -0.15) is 0 Å². The molecule has 0 bridgehead atoms. The molecule has 8 heteroatoms. The lowest BCUT2D eigenvalue weighted by atomic mass is 10.1. The summed E-state index contributed by atoms with van der Waals surface area (Å²) >= 11 is 5.89. The molecule has 3 rings (SSSR count). The Morgan fingerprint density at radius 3 is 2.09 bits per heavy atom. The van der Waals surface area contributed by atoms with E-state index < -0.39 is 5.97 Å². The van der Waals surface area contributed by atoms with Gasteiger partial charge in [0.05, 0.1) is 19.0 Å². The number of aromatic nitrogens is 1. The second-order valence-corrected chi connectivity index (χ2v) is 8.48. The van der Waals surface area contributed by atoms with E-state index in [-0.39, 0.29) is 12.3 Å². The van der Waals surface area contributed by atoms with Crippen molar-refractivity contribution < 1.29 is 24.2 Å². The number of carbonyl (C=O) groups is 2. The molecule has 0 saturated heterocycles. The molecule has 35 heavy (non-hydrogen) atoms. The lowest BCUT2D eigenvalue weighted by Crippen LogP contribution is -2.14. The molecule has 3 aromatic rings. The smallest absolute Gasteiger partial charge is 0.307 e. The van der Waals surface area contributed by atoms with Crippen LogP contribution in [0.5, 0.6) is 5.75 Å². The number of benzene rings is 2. The summed E-state index contributed by atoms with van der Waals surface area (Å²) in [4.78, 5) is 26.4. The van der Waals surface area contributed by atoms with E-state index in [9.17, 15) is 14.7 Å². The highest BCUT2D eigenvalue weighted by molar-refractivity contribution is 6.30. The van der Waals surface area contributed by atoms with Crippen LogP contribution in [0.1, 0.15) is 41.9 Å². The first kappa shape index (κ1) is 30.2. The van der Waals surface area contributed by atoms with Crippen LogP contribution in [0.25, 0.3) is 10.9 Å². The minimum absolute atomic E-state index is 0.170. The molecule has 192 valence electrons. The number of hydrogen-bond donors (Lipinski definition) is 1. The molecule has 1 N–H and O–H groups in total. The van der Waals surface area contributed by atoms with Crippen LogP contribution in [0.2, 0.25) is 5.02 Å². The largest absolute Gasteiger partial charge is 0.497 e. The van der Waals surface area contributed by atoms with E-state index in [0.717, 1.165) is 6.61 Å². The number of fused-ring (bicyclic) bond motifs is 1. The molecule has 7 nitrogen and oxygen atoms in total. The molecule has 1 heterocycles. The molecule has 1 aromatic heterocycles. The van der Waals surface area contributed by atoms with Gasteiger partial charge in [0.25, 0.3) is 5.91 Å². The SMILES string of the molecule is CCCN(C)C.CCOC.COc1ccc2c(c1)c(CC(=O)O)c(C)n2C(=O)c1ccc(Cl)cc1. The van der Waals surface area contributed by atoms with Crippen molar-refractivity contribution >= 4 is 34.4 Å². The maximum absolute atomic E-state index is 13.0. The summed E-state index contributed by atoms with van der Waals surface area (Å²) < 4.78 is 11.3. The van der Waals surface area contributed by atoms with Crippen LogP contribution < -0.4 is 4.74 Å². The highest BCUT2D eigenvalue weighted by Crippen LogP contribution is 2.30. The molecule has 0 aliphatic heterocycles. The molecule has 0 unspecified atom stereocenters. The molecular weight excluding hydrogens is 468 g/mol. The van der Waals surface area contributed by atoms with Gasteiger partial charge in [-0.05, 0) is 88.9 Å². The third kappa shape index (κ3) is 9.02. The van der Waals surface area contributed by atoms with Crippen molar-refractivity contribution in [1.29, 1.82) is 0 Å².